The van der Waals surface area contributed by atoms with Crippen molar-refractivity contribution in [1.29, 1.82) is 0 Å². The average molecular weight is 304 g/mol. The second-order valence-corrected chi connectivity index (χ2v) is 7.36. The molecule has 0 bridgehead atoms. The molecule has 2 atom stereocenters. The standard InChI is InChI=1S/C20H32O2/c1-15(2)13-17-9-6-7-12-20(17,22-16(3)4)18-10-8-11-19(14-18)21-5/h8,10-11,14-17H,6-7,9,12-13H2,1-5H3/t17-,20-/m1/s1. The fourth-order valence-corrected chi connectivity index (χ4v) is 4.00. The Hall–Kier alpha value is -1.02. The van der Waals surface area contributed by atoms with E-state index in [9.17, 15) is 0 Å². The van der Waals surface area contributed by atoms with Crippen molar-refractivity contribution in [1.82, 2.24) is 0 Å². The van der Waals surface area contributed by atoms with Crippen molar-refractivity contribution in [2.75, 3.05) is 7.11 Å². The average Bonchev–Trinajstić information content (AvgIpc) is 2.48. The number of ether oxygens (including phenoxy) is 2. The van der Waals surface area contributed by atoms with Crippen LogP contribution in [0, 0.1) is 11.8 Å². The second kappa shape index (κ2) is 7.50. The predicted molar refractivity (Wildman–Crippen MR) is 92.3 cm³/mol. The zero-order valence-corrected chi connectivity index (χ0v) is 14.9. The Balaban J connectivity index is 2.43. The second-order valence-electron chi connectivity index (χ2n) is 7.36. The molecular formula is C20H32O2. The normalized spacial score (nSPS) is 25.7. The van der Waals surface area contributed by atoms with E-state index in [1.54, 1.807) is 7.11 Å². The zero-order chi connectivity index (χ0) is 16.2. The van der Waals surface area contributed by atoms with Crippen molar-refractivity contribution in [3.05, 3.63) is 29.8 Å². The maximum atomic E-state index is 6.62. The first-order valence-electron chi connectivity index (χ1n) is 8.80. The Morgan fingerprint density at radius 3 is 2.59 bits per heavy atom. The van der Waals surface area contributed by atoms with Gasteiger partial charge in [0.1, 0.15) is 5.75 Å². The molecule has 0 radical (unpaired) electrons. The molecule has 0 unspecified atom stereocenters. The van der Waals surface area contributed by atoms with Gasteiger partial charge in [0, 0.05) is 0 Å². The number of hydrogen-bond donors (Lipinski definition) is 0. The Morgan fingerprint density at radius 1 is 1.18 bits per heavy atom. The number of benzene rings is 1. The quantitative estimate of drug-likeness (QED) is 0.686. The van der Waals surface area contributed by atoms with Crippen LogP contribution >= 0.6 is 0 Å². The summed E-state index contributed by atoms with van der Waals surface area (Å²) < 4.78 is 12.1. The molecule has 1 aliphatic rings. The summed E-state index contributed by atoms with van der Waals surface area (Å²) in [6.45, 7) is 8.95. The summed E-state index contributed by atoms with van der Waals surface area (Å²) >= 11 is 0. The third kappa shape index (κ3) is 3.84. The minimum atomic E-state index is -0.148. The van der Waals surface area contributed by atoms with Gasteiger partial charge in [-0.2, -0.15) is 0 Å². The molecule has 1 aliphatic carbocycles. The summed E-state index contributed by atoms with van der Waals surface area (Å²) in [6.07, 6.45) is 6.42. The van der Waals surface area contributed by atoms with Crippen LogP contribution in [-0.4, -0.2) is 13.2 Å². The molecule has 124 valence electrons. The molecule has 0 aliphatic heterocycles. The summed E-state index contributed by atoms with van der Waals surface area (Å²) in [4.78, 5) is 0. The van der Waals surface area contributed by atoms with Crippen molar-refractivity contribution in [2.24, 2.45) is 11.8 Å². The van der Waals surface area contributed by atoms with Crippen LogP contribution in [-0.2, 0) is 10.3 Å². The number of methoxy groups -OCH3 is 1. The van der Waals surface area contributed by atoms with Gasteiger partial charge in [0.25, 0.3) is 0 Å². The summed E-state index contributed by atoms with van der Waals surface area (Å²) in [7, 11) is 1.74. The van der Waals surface area contributed by atoms with Crippen LogP contribution in [0.1, 0.15) is 65.4 Å². The SMILES string of the molecule is COc1cccc([C@@]2(OC(C)C)CCCC[C@@H]2CC(C)C)c1. The first-order valence-corrected chi connectivity index (χ1v) is 8.80. The molecule has 2 heteroatoms. The lowest BCUT2D eigenvalue weighted by Gasteiger charge is -2.46. The minimum Gasteiger partial charge on any atom is -0.497 e. The number of hydrogen-bond acceptors (Lipinski definition) is 2. The van der Waals surface area contributed by atoms with E-state index in [0.29, 0.717) is 11.8 Å². The van der Waals surface area contributed by atoms with Crippen molar-refractivity contribution >= 4 is 0 Å². The topological polar surface area (TPSA) is 18.5 Å². The third-order valence-electron chi connectivity index (χ3n) is 4.77. The summed E-state index contributed by atoms with van der Waals surface area (Å²) in [5, 5.41) is 0. The van der Waals surface area contributed by atoms with Crippen molar-refractivity contribution in [3.8, 4) is 5.75 Å². The largest absolute Gasteiger partial charge is 0.497 e. The fourth-order valence-electron chi connectivity index (χ4n) is 4.00. The highest BCUT2D eigenvalue weighted by Crippen LogP contribution is 2.48. The van der Waals surface area contributed by atoms with Gasteiger partial charge in [0.05, 0.1) is 18.8 Å². The van der Waals surface area contributed by atoms with E-state index < -0.39 is 0 Å². The van der Waals surface area contributed by atoms with Gasteiger partial charge in [-0.15, -0.1) is 0 Å². The molecule has 0 aromatic heterocycles. The van der Waals surface area contributed by atoms with Crippen LogP contribution in [0.4, 0.5) is 0 Å². The van der Waals surface area contributed by atoms with Gasteiger partial charge in [-0.25, -0.2) is 0 Å². The summed E-state index contributed by atoms with van der Waals surface area (Å²) in [5.74, 6) is 2.22. The van der Waals surface area contributed by atoms with Crippen LogP contribution in [0.5, 0.6) is 5.75 Å². The van der Waals surface area contributed by atoms with E-state index in [-0.39, 0.29) is 11.7 Å². The van der Waals surface area contributed by atoms with Crippen LogP contribution in [0.25, 0.3) is 0 Å². The van der Waals surface area contributed by atoms with Gasteiger partial charge < -0.3 is 9.47 Å². The van der Waals surface area contributed by atoms with Gasteiger partial charge in [-0.05, 0) is 62.6 Å². The molecule has 1 saturated carbocycles. The molecule has 0 spiro atoms. The Bertz CT molecular complexity index is 467. The highest BCUT2D eigenvalue weighted by Gasteiger charge is 2.44. The number of rotatable bonds is 6. The smallest absolute Gasteiger partial charge is 0.119 e. The van der Waals surface area contributed by atoms with Crippen molar-refractivity contribution in [2.45, 2.75) is 71.5 Å². The van der Waals surface area contributed by atoms with Gasteiger partial charge in [0.15, 0.2) is 0 Å². The molecule has 0 heterocycles. The monoisotopic (exact) mass is 304 g/mol. The minimum absolute atomic E-state index is 0.148. The molecule has 0 amide bonds. The Labute approximate surface area is 136 Å². The lowest BCUT2D eigenvalue weighted by atomic mass is 9.68. The van der Waals surface area contributed by atoms with E-state index >= 15 is 0 Å². The predicted octanol–water partition coefficient (Wildman–Crippen LogP) is 5.55. The van der Waals surface area contributed by atoms with E-state index in [0.717, 1.165) is 12.2 Å². The van der Waals surface area contributed by atoms with Gasteiger partial charge in [-0.1, -0.05) is 38.8 Å². The van der Waals surface area contributed by atoms with Crippen LogP contribution in [0.2, 0.25) is 0 Å². The third-order valence-corrected chi connectivity index (χ3v) is 4.77. The van der Waals surface area contributed by atoms with Crippen LogP contribution in [0.15, 0.2) is 24.3 Å². The maximum Gasteiger partial charge on any atom is 0.119 e. The Kier molecular flexibility index (Phi) is 5.91. The molecule has 2 nitrogen and oxygen atoms in total. The molecule has 2 rings (SSSR count). The first kappa shape index (κ1) is 17.3. The molecule has 22 heavy (non-hydrogen) atoms. The van der Waals surface area contributed by atoms with E-state index in [1.807, 2.05) is 6.07 Å². The van der Waals surface area contributed by atoms with Crippen LogP contribution < -0.4 is 4.74 Å². The van der Waals surface area contributed by atoms with Gasteiger partial charge in [0.2, 0.25) is 0 Å². The summed E-state index contributed by atoms with van der Waals surface area (Å²) in [5.41, 5.74) is 1.15. The van der Waals surface area contributed by atoms with Gasteiger partial charge >= 0.3 is 0 Å². The van der Waals surface area contributed by atoms with Crippen molar-refractivity contribution in [3.63, 3.8) is 0 Å². The highest BCUT2D eigenvalue weighted by molar-refractivity contribution is 5.33. The first-order chi connectivity index (χ1) is 10.5. The molecular weight excluding hydrogens is 272 g/mol. The van der Waals surface area contributed by atoms with E-state index in [2.05, 4.69) is 45.9 Å². The lowest BCUT2D eigenvalue weighted by Crippen LogP contribution is -2.43. The van der Waals surface area contributed by atoms with Crippen LogP contribution in [0.3, 0.4) is 0 Å². The van der Waals surface area contributed by atoms with E-state index in [4.69, 9.17) is 9.47 Å². The molecule has 1 aromatic rings. The van der Waals surface area contributed by atoms with E-state index in [1.165, 1.54) is 31.2 Å². The van der Waals surface area contributed by atoms with Crippen molar-refractivity contribution < 1.29 is 9.47 Å². The highest BCUT2D eigenvalue weighted by atomic mass is 16.5. The van der Waals surface area contributed by atoms with Gasteiger partial charge in [-0.3, -0.25) is 0 Å². The molecule has 0 N–H and O–H groups in total. The molecule has 1 aromatic carbocycles. The summed E-state index contributed by atoms with van der Waals surface area (Å²) in [6, 6.07) is 8.53. The maximum absolute atomic E-state index is 6.62. The zero-order valence-electron chi connectivity index (χ0n) is 14.9. The fraction of sp³-hybridized carbons (Fsp3) is 0.700. The Morgan fingerprint density at radius 2 is 1.95 bits per heavy atom. The molecule has 0 saturated heterocycles. The molecule has 1 fully saturated rings. The lowest BCUT2D eigenvalue weighted by molar-refractivity contribution is -0.146.